The number of halogens is 1. The highest BCUT2D eigenvalue weighted by molar-refractivity contribution is 9.10. The Balaban J connectivity index is 1.81. The van der Waals surface area contributed by atoms with Gasteiger partial charge in [0.15, 0.2) is 0 Å². The summed E-state index contributed by atoms with van der Waals surface area (Å²) < 4.78 is 2.43. The van der Waals surface area contributed by atoms with Crippen LogP contribution in [0.3, 0.4) is 0 Å². The van der Waals surface area contributed by atoms with Crippen LogP contribution in [0.5, 0.6) is 0 Å². The Morgan fingerprint density at radius 2 is 2.29 bits per heavy atom. The first-order chi connectivity index (χ1) is 8.25. The van der Waals surface area contributed by atoms with Crippen molar-refractivity contribution >= 4 is 37.5 Å². The van der Waals surface area contributed by atoms with E-state index in [1.807, 2.05) is 11.3 Å². The largest absolute Gasteiger partial charge is 0.315 e. The molecular formula is C13H13BrN2S. The summed E-state index contributed by atoms with van der Waals surface area (Å²) in [7, 11) is 0. The molecule has 1 aliphatic carbocycles. The summed E-state index contributed by atoms with van der Waals surface area (Å²) in [5.74, 6) is 0.891. The zero-order valence-corrected chi connectivity index (χ0v) is 11.8. The van der Waals surface area contributed by atoms with Gasteiger partial charge >= 0.3 is 0 Å². The normalized spacial score (nSPS) is 31.5. The van der Waals surface area contributed by atoms with Gasteiger partial charge in [0, 0.05) is 16.4 Å². The van der Waals surface area contributed by atoms with Crippen LogP contribution in [0.25, 0.3) is 10.2 Å². The number of benzene rings is 1. The molecule has 1 saturated carbocycles. The molecule has 3 aliphatic rings. The maximum absolute atomic E-state index is 4.86. The maximum atomic E-state index is 4.86. The van der Waals surface area contributed by atoms with E-state index in [2.05, 4.69) is 39.4 Å². The van der Waals surface area contributed by atoms with Crippen LogP contribution in [0.4, 0.5) is 0 Å². The number of nitrogens with one attached hydrogen (secondary N) is 1. The van der Waals surface area contributed by atoms with Crippen molar-refractivity contribution in [3.05, 3.63) is 27.7 Å². The number of piperidine rings is 2. The van der Waals surface area contributed by atoms with Crippen molar-refractivity contribution < 1.29 is 0 Å². The van der Waals surface area contributed by atoms with Gasteiger partial charge in [-0.25, -0.2) is 4.98 Å². The van der Waals surface area contributed by atoms with Crippen LogP contribution in [-0.2, 0) is 5.41 Å². The third kappa shape index (κ3) is 1.51. The van der Waals surface area contributed by atoms with Gasteiger partial charge in [-0.3, -0.25) is 0 Å². The SMILES string of the molecule is Brc1ccc2sc(C34CNCC(C3)C4)nc2c1. The molecule has 2 aromatic rings. The van der Waals surface area contributed by atoms with Crippen LogP contribution in [0.2, 0.25) is 0 Å². The molecule has 1 N–H and O–H groups in total. The second-order valence-corrected chi connectivity index (χ2v) is 7.26. The Hall–Kier alpha value is -0.450. The molecule has 4 heteroatoms. The first-order valence-corrected chi connectivity index (χ1v) is 7.63. The summed E-state index contributed by atoms with van der Waals surface area (Å²) >= 11 is 5.39. The summed E-state index contributed by atoms with van der Waals surface area (Å²) in [4.78, 5) is 4.86. The lowest BCUT2D eigenvalue weighted by molar-refractivity contribution is 0.0900. The van der Waals surface area contributed by atoms with E-state index in [9.17, 15) is 0 Å². The second-order valence-electron chi connectivity index (χ2n) is 5.32. The van der Waals surface area contributed by atoms with E-state index in [1.165, 1.54) is 29.1 Å². The molecule has 0 atom stereocenters. The highest BCUT2D eigenvalue weighted by Crippen LogP contribution is 2.51. The third-order valence-electron chi connectivity index (χ3n) is 4.06. The van der Waals surface area contributed by atoms with Crippen molar-refractivity contribution in [2.75, 3.05) is 13.1 Å². The molecule has 17 heavy (non-hydrogen) atoms. The lowest BCUT2D eigenvalue weighted by Crippen LogP contribution is -2.57. The molecule has 2 nitrogen and oxygen atoms in total. The Kier molecular flexibility index (Phi) is 2.17. The van der Waals surface area contributed by atoms with Crippen LogP contribution in [0.15, 0.2) is 22.7 Å². The van der Waals surface area contributed by atoms with Gasteiger partial charge in [0.25, 0.3) is 0 Å². The molecule has 5 rings (SSSR count). The zero-order valence-electron chi connectivity index (χ0n) is 9.37. The van der Waals surface area contributed by atoms with Gasteiger partial charge in [-0.05, 0) is 43.5 Å². The van der Waals surface area contributed by atoms with Gasteiger partial charge in [0.05, 0.1) is 10.2 Å². The van der Waals surface area contributed by atoms with E-state index in [0.717, 1.165) is 22.5 Å². The first kappa shape index (κ1) is 10.5. The van der Waals surface area contributed by atoms with Gasteiger partial charge < -0.3 is 5.32 Å². The molecule has 3 heterocycles. The summed E-state index contributed by atoms with van der Waals surface area (Å²) in [5.41, 5.74) is 1.50. The number of hydrogen-bond donors (Lipinski definition) is 1. The molecule has 0 amide bonds. The zero-order chi connectivity index (χ0) is 11.5. The van der Waals surface area contributed by atoms with Crippen molar-refractivity contribution in [2.24, 2.45) is 5.92 Å². The molecule has 1 aromatic carbocycles. The van der Waals surface area contributed by atoms with Crippen molar-refractivity contribution in [1.82, 2.24) is 10.3 Å². The predicted octanol–water partition coefficient (Wildman–Crippen LogP) is 3.31. The van der Waals surface area contributed by atoms with Crippen LogP contribution in [0.1, 0.15) is 17.8 Å². The minimum atomic E-state index is 0.360. The fourth-order valence-corrected chi connectivity index (χ4v) is 4.73. The third-order valence-corrected chi connectivity index (χ3v) is 5.83. The van der Waals surface area contributed by atoms with E-state index in [-0.39, 0.29) is 0 Å². The molecule has 88 valence electrons. The summed E-state index contributed by atoms with van der Waals surface area (Å²) in [6.45, 7) is 2.32. The predicted molar refractivity (Wildman–Crippen MR) is 74.6 cm³/mol. The minimum Gasteiger partial charge on any atom is -0.315 e. The van der Waals surface area contributed by atoms with Crippen molar-refractivity contribution in [3.63, 3.8) is 0 Å². The number of thiazole rings is 1. The lowest BCUT2D eigenvalue weighted by Gasteiger charge is -2.51. The fraction of sp³-hybridized carbons (Fsp3) is 0.462. The average molecular weight is 309 g/mol. The number of nitrogens with zero attached hydrogens (tertiary/aromatic N) is 1. The monoisotopic (exact) mass is 308 g/mol. The van der Waals surface area contributed by atoms with Crippen LogP contribution >= 0.6 is 27.3 Å². The van der Waals surface area contributed by atoms with Crippen molar-refractivity contribution in [3.8, 4) is 0 Å². The highest BCUT2D eigenvalue weighted by atomic mass is 79.9. The topological polar surface area (TPSA) is 24.9 Å². The Morgan fingerprint density at radius 3 is 3.06 bits per heavy atom. The van der Waals surface area contributed by atoms with Crippen LogP contribution in [0, 0.1) is 5.92 Å². The second kappa shape index (κ2) is 3.53. The smallest absolute Gasteiger partial charge is 0.101 e. The summed E-state index contributed by atoms with van der Waals surface area (Å²) in [5, 5.41) is 4.88. The molecule has 2 bridgehead atoms. The number of hydrogen-bond acceptors (Lipinski definition) is 3. The fourth-order valence-electron chi connectivity index (χ4n) is 3.23. The van der Waals surface area contributed by atoms with E-state index in [0.29, 0.717) is 5.41 Å². The Bertz CT molecular complexity index is 581. The van der Waals surface area contributed by atoms with Crippen molar-refractivity contribution in [2.45, 2.75) is 18.3 Å². The minimum absolute atomic E-state index is 0.360. The lowest BCUT2D eigenvalue weighted by atomic mass is 9.60. The molecular weight excluding hydrogens is 296 g/mol. The maximum Gasteiger partial charge on any atom is 0.101 e. The van der Waals surface area contributed by atoms with Gasteiger partial charge in [0.2, 0.25) is 0 Å². The molecule has 0 unspecified atom stereocenters. The Morgan fingerprint density at radius 1 is 1.41 bits per heavy atom. The highest BCUT2D eigenvalue weighted by Gasteiger charge is 2.50. The molecule has 2 aliphatic heterocycles. The molecule has 3 fully saturated rings. The summed E-state index contributed by atoms with van der Waals surface area (Å²) in [6.07, 6.45) is 2.67. The van der Waals surface area contributed by atoms with Crippen LogP contribution in [-0.4, -0.2) is 18.1 Å². The summed E-state index contributed by atoms with van der Waals surface area (Å²) in [6, 6.07) is 6.40. The Labute approximate surface area is 113 Å². The van der Waals surface area contributed by atoms with Gasteiger partial charge in [-0.15, -0.1) is 11.3 Å². The molecule has 1 aromatic heterocycles. The van der Waals surface area contributed by atoms with Gasteiger partial charge in [0.1, 0.15) is 5.01 Å². The quantitative estimate of drug-likeness (QED) is 0.874. The van der Waals surface area contributed by atoms with E-state index < -0.39 is 0 Å². The number of rotatable bonds is 1. The van der Waals surface area contributed by atoms with E-state index in [4.69, 9.17) is 4.98 Å². The van der Waals surface area contributed by atoms with Gasteiger partial charge in [-0.1, -0.05) is 15.9 Å². The first-order valence-electron chi connectivity index (χ1n) is 6.02. The molecule has 0 spiro atoms. The van der Waals surface area contributed by atoms with Crippen LogP contribution < -0.4 is 5.32 Å². The molecule has 0 radical (unpaired) electrons. The molecule has 2 saturated heterocycles. The van der Waals surface area contributed by atoms with E-state index >= 15 is 0 Å². The van der Waals surface area contributed by atoms with Gasteiger partial charge in [-0.2, -0.15) is 0 Å². The average Bonchev–Trinajstić information content (AvgIpc) is 2.72. The standard InChI is InChI=1S/C13H13BrN2S/c14-9-1-2-11-10(3-9)16-12(17-11)13-4-8(5-13)6-15-7-13/h1-3,8,15H,4-7H2. The number of fused-ring (bicyclic) bond motifs is 3. The number of aromatic nitrogens is 1. The van der Waals surface area contributed by atoms with E-state index in [1.54, 1.807) is 0 Å². The van der Waals surface area contributed by atoms with Crippen molar-refractivity contribution in [1.29, 1.82) is 0 Å².